The lowest BCUT2D eigenvalue weighted by Crippen LogP contribution is -2.13. The van der Waals surface area contributed by atoms with Gasteiger partial charge in [0, 0.05) is 28.1 Å². The van der Waals surface area contributed by atoms with Crippen molar-refractivity contribution in [2.24, 2.45) is 0 Å². The number of carbonyl (C=O) groups excluding carboxylic acids is 1. The minimum Gasteiger partial charge on any atom is -0.456 e. The quantitative estimate of drug-likeness (QED) is 0.534. The molecule has 0 spiro atoms. The average molecular weight is 315 g/mol. The van der Waals surface area contributed by atoms with Gasteiger partial charge in [0.2, 0.25) is 0 Å². The van der Waals surface area contributed by atoms with Crippen molar-refractivity contribution in [3.63, 3.8) is 0 Å². The zero-order valence-corrected chi connectivity index (χ0v) is 13.6. The third-order valence-corrected chi connectivity index (χ3v) is 4.27. The molecule has 1 heterocycles. The third kappa shape index (κ3) is 2.44. The summed E-state index contributed by atoms with van der Waals surface area (Å²) < 4.78 is 5.87. The molecule has 118 valence electrons. The molecule has 1 N–H and O–H groups in total. The lowest BCUT2D eigenvalue weighted by atomic mass is 10.0. The van der Waals surface area contributed by atoms with Gasteiger partial charge >= 0.3 is 0 Å². The van der Waals surface area contributed by atoms with Crippen LogP contribution in [0.15, 0.2) is 65.1 Å². The lowest BCUT2D eigenvalue weighted by molar-refractivity contribution is 0.102. The molecule has 0 unspecified atom stereocenters. The van der Waals surface area contributed by atoms with Crippen LogP contribution in [-0.4, -0.2) is 5.91 Å². The lowest BCUT2D eigenvalue weighted by Gasteiger charge is -2.08. The fourth-order valence-electron chi connectivity index (χ4n) is 2.98. The number of furan rings is 1. The van der Waals surface area contributed by atoms with Gasteiger partial charge in [0.1, 0.15) is 11.2 Å². The van der Waals surface area contributed by atoms with Gasteiger partial charge in [-0.2, -0.15) is 0 Å². The van der Waals surface area contributed by atoms with Crippen LogP contribution in [0.4, 0.5) is 5.69 Å². The first-order valence-electron chi connectivity index (χ1n) is 7.92. The second-order valence-corrected chi connectivity index (χ2v) is 6.08. The van der Waals surface area contributed by atoms with E-state index < -0.39 is 0 Å². The molecule has 0 fully saturated rings. The Labute approximate surface area is 139 Å². The maximum Gasteiger partial charge on any atom is 0.255 e. The minimum absolute atomic E-state index is 0.105. The van der Waals surface area contributed by atoms with Gasteiger partial charge in [-0.15, -0.1) is 0 Å². The Hall–Kier alpha value is -3.07. The topological polar surface area (TPSA) is 42.2 Å². The van der Waals surface area contributed by atoms with E-state index in [0.29, 0.717) is 5.56 Å². The molecule has 1 amide bonds. The Morgan fingerprint density at radius 3 is 2.54 bits per heavy atom. The van der Waals surface area contributed by atoms with Gasteiger partial charge in [-0.25, -0.2) is 0 Å². The van der Waals surface area contributed by atoms with E-state index in [4.69, 9.17) is 4.42 Å². The first-order chi connectivity index (χ1) is 11.6. The van der Waals surface area contributed by atoms with Crippen molar-refractivity contribution in [3.8, 4) is 0 Å². The van der Waals surface area contributed by atoms with Crippen LogP contribution in [-0.2, 0) is 0 Å². The highest BCUT2D eigenvalue weighted by molar-refractivity contribution is 6.09. The van der Waals surface area contributed by atoms with E-state index >= 15 is 0 Å². The van der Waals surface area contributed by atoms with E-state index in [9.17, 15) is 4.79 Å². The van der Waals surface area contributed by atoms with Crippen LogP contribution in [0.1, 0.15) is 21.5 Å². The molecule has 0 atom stereocenters. The van der Waals surface area contributed by atoms with E-state index in [1.165, 1.54) is 0 Å². The second kappa shape index (κ2) is 5.53. The van der Waals surface area contributed by atoms with E-state index in [1.54, 1.807) is 0 Å². The van der Waals surface area contributed by atoms with Gasteiger partial charge in [-0.05, 0) is 43.7 Å². The summed E-state index contributed by atoms with van der Waals surface area (Å²) in [6, 6.07) is 19.6. The van der Waals surface area contributed by atoms with Crippen molar-refractivity contribution < 1.29 is 9.21 Å². The Bertz CT molecular complexity index is 1080. The maximum absolute atomic E-state index is 12.6. The Balaban J connectivity index is 1.70. The van der Waals surface area contributed by atoms with Crippen molar-refractivity contribution in [2.45, 2.75) is 13.8 Å². The SMILES string of the molecule is Cc1ccc(C)c(C(=O)Nc2ccc3c(c2)oc2ccccc23)c1. The summed E-state index contributed by atoms with van der Waals surface area (Å²) in [6.45, 7) is 3.92. The van der Waals surface area contributed by atoms with Crippen LogP contribution in [0, 0.1) is 13.8 Å². The molecule has 0 aliphatic rings. The molecule has 0 radical (unpaired) electrons. The van der Waals surface area contributed by atoms with Gasteiger partial charge in [0.05, 0.1) is 0 Å². The summed E-state index contributed by atoms with van der Waals surface area (Å²) in [7, 11) is 0. The van der Waals surface area contributed by atoms with Crippen molar-refractivity contribution in [1.29, 1.82) is 0 Å². The summed E-state index contributed by atoms with van der Waals surface area (Å²) in [5.74, 6) is -0.105. The Kier molecular flexibility index (Phi) is 3.35. The first kappa shape index (κ1) is 14.5. The number of hydrogen-bond acceptors (Lipinski definition) is 2. The maximum atomic E-state index is 12.6. The zero-order valence-electron chi connectivity index (χ0n) is 13.6. The number of benzene rings is 3. The third-order valence-electron chi connectivity index (χ3n) is 4.27. The highest BCUT2D eigenvalue weighted by Crippen LogP contribution is 2.30. The summed E-state index contributed by atoms with van der Waals surface area (Å²) in [4.78, 5) is 12.6. The number of aryl methyl sites for hydroxylation is 2. The zero-order chi connectivity index (χ0) is 16.7. The second-order valence-electron chi connectivity index (χ2n) is 6.08. The van der Waals surface area contributed by atoms with Gasteiger partial charge in [0.25, 0.3) is 5.91 Å². The molecule has 0 aliphatic carbocycles. The predicted molar refractivity (Wildman–Crippen MR) is 97.6 cm³/mol. The summed E-state index contributed by atoms with van der Waals surface area (Å²) in [5, 5.41) is 5.10. The molecular formula is C21H17NO2. The Morgan fingerprint density at radius 2 is 1.67 bits per heavy atom. The van der Waals surface area contributed by atoms with Crippen LogP contribution in [0.25, 0.3) is 21.9 Å². The number of para-hydroxylation sites is 1. The molecule has 0 aliphatic heterocycles. The number of fused-ring (bicyclic) bond motifs is 3. The van der Waals surface area contributed by atoms with Crippen LogP contribution in [0.3, 0.4) is 0 Å². The molecule has 3 heteroatoms. The van der Waals surface area contributed by atoms with Crippen molar-refractivity contribution >= 4 is 33.5 Å². The molecule has 4 aromatic rings. The first-order valence-corrected chi connectivity index (χ1v) is 7.92. The van der Waals surface area contributed by atoms with Gasteiger partial charge in [-0.3, -0.25) is 4.79 Å². The molecular weight excluding hydrogens is 298 g/mol. The van der Waals surface area contributed by atoms with Crippen molar-refractivity contribution in [3.05, 3.63) is 77.4 Å². The normalized spacial score (nSPS) is 11.1. The number of nitrogens with one attached hydrogen (secondary N) is 1. The molecule has 0 bridgehead atoms. The number of hydrogen-bond donors (Lipinski definition) is 1. The summed E-state index contributed by atoms with van der Waals surface area (Å²) in [6.07, 6.45) is 0. The Morgan fingerprint density at radius 1 is 0.875 bits per heavy atom. The van der Waals surface area contributed by atoms with Crippen LogP contribution >= 0.6 is 0 Å². The number of carbonyl (C=O) groups is 1. The number of rotatable bonds is 2. The van der Waals surface area contributed by atoms with Gasteiger partial charge in [0.15, 0.2) is 0 Å². The standard InChI is InChI=1S/C21H17NO2/c1-13-7-8-14(2)18(11-13)21(23)22-15-9-10-17-16-5-3-4-6-19(16)24-20(17)12-15/h3-12H,1-2H3,(H,22,23). The van der Waals surface area contributed by atoms with Crippen molar-refractivity contribution in [2.75, 3.05) is 5.32 Å². The minimum atomic E-state index is -0.105. The van der Waals surface area contributed by atoms with Crippen LogP contribution < -0.4 is 5.32 Å². The molecule has 4 rings (SSSR count). The molecule has 1 aromatic heterocycles. The highest BCUT2D eigenvalue weighted by atomic mass is 16.3. The summed E-state index contributed by atoms with van der Waals surface area (Å²) >= 11 is 0. The van der Waals surface area contributed by atoms with E-state index in [0.717, 1.165) is 38.8 Å². The number of amides is 1. The largest absolute Gasteiger partial charge is 0.456 e. The fourth-order valence-corrected chi connectivity index (χ4v) is 2.98. The molecule has 3 aromatic carbocycles. The van der Waals surface area contributed by atoms with Gasteiger partial charge in [-0.1, -0.05) is 35.9 Å². The van der Waals surface area contributed by atoms with Gasteiger partial charge < -0.3 is 9.73 Å². The van der Waals surface area contributed by atoms with Crippen LogP contribution in [0.5, 0.6) is 0 Å². The predicted octanol–water partition coefficient (Wildman–Crippen LogP) is 5.46. The van der Waals surface area contributed by atoms with E-state index in [2.05, 4.69) is 5.32 Å². The highest BCUT2D eigenvalue weighted by Gasteiger charge is 2.11. The summed E-state index contributed by atoms with van der Waals surface area (Å²) in [5.41, 5.74) is 5.08. The molecule has 3 nitrogen and oxygen atoms in total. The molecule has 0 saturated heterocycles. The fraction of sp³-hybridized carbons (Fsp3) is 0.0952. The monoisotopic (exact) mass is 315 g/mol. The average Bonchev–Trinajstić information content (AvgIpc) is 2.94. The van der Waals surface area contributed by atoms with E-state index in [1.807, 2.05) is 74.5 Å². The smallest absolute Gasteiger partial charge is 0.255 e. The van der Waals surface area contributed by atoms with Crippen LogP contribution in [0.2, 0.25) is 0 Å². The van der Waals surface area contributed by atoms with E-state index in [-0.39, 0.29) is 5.91 Å². The molecule has 24 heavy (non-hydrogen) atoms. The molecule has 0 saturated carbocycles. The number of anilines is 1. The van der Waals surface area contributed by atoms with Crippen molar-refractivity contribution in [1.82, 2.24) is 0 Å².